The Hall–Kier alpha value is -3.72. The summed E-state index contributed by atoms with van der Waals surface area (Å²) in [6, 6.07) is 16.7. The number of carbonyl (C=O) groups is 3. The third-order valence-corrected chi connectivity index (χ3v) is 7.82. The van der Waals surface area contributed by atoms with E-state index in [0.717, 1.165) is 32.6 Å². The van der Waals surface area contributed by atoms with Crippen LogP contribution in [0.3, 0.4) is 0 Å². The molecule has 0 saturated carbocycles. The zero-order chi connectivity index (χ0) is 26.1. The van der Waals surface area contributed by atoms with E-state index in [9.17, 15) is 27.6 Å². The lowest BCUT2D eigenvalue weighted by atomic mass is 9.83. The number of anilines is 1. The summed E-state index contributed by atoms with van der Waals surface area (Å²) in [7, 11) is 0. The van der Waals surface area contributed by atoms with Gasteiger partial charge in [0.1, 0.15) is 6.04 Å². The summed E-state index contributed by atoms with van der Waals surface area (Å²) in [5.41, 5.74) is 0.908. The Balaban J connectivity index is 1.48. The first-order chi connectivity index (χ1) is 17.7. The molecule has 186 valence electrons. The van der Waals surface area contributed by atoms with Crippen molar-refractivity contribution in [3.63, 3.8) is 0 Å². The number of imide groups is 1. The Morgan fingerprint density at radius 2 is 1.57 bits per heavy atom. The number of ketones is 1. The van der Waals surface area contributed by atoms with Gasteiger partial charge in [-0.1, -0.05) is 58.4 Å². The molecule has 6 rings (SSSR count). The van der Waals surface area contributed by atoms with E-state index in [4.69, 9.17) is 0 Å². The van der Waals surface area contributed by atoms with Crippen LogP contribution in [0.1, 0.15) is 33.1 Å². The maximum absolute atomic E-state index is 13.8. The second-order valence-electron chi connectivity index (χ2n) is 9.26. The summed E-state index contributed by atoms with van der Waals surface area (Å²) >= 11 is 3.35. The van der Waals surface area contributed by atoms with Gasteiger partial charge in [0.25, 0.3) is 0 Å². The molecule has 37 heavy (non-hydrogen) atoms. The fourth-order valence-corrected chi connectivity index (χ4v) is 5.98. The Bertz CT molecular complexity index is 1480. The summed E-state index contributed by atoms with van der Waals surface area (Å²) in [6.07, 6.45) is -1.06. The van der Waals surface area contributed by atoms with Gasteiger partial charge >= 0.3 is 6.18 Å². The van der Waals surface area contributed by atoms with E-state index >= 15 is 0 Å². The lowest BCUT2D eigenvalue weighted by Crippen LogP contribution is -2.44. The van der Waals surface area contributed by atoms with Crippen molar-refractivity contribution < 1.29 is 27.6 Å². The Morgan fingerprint density at radius 3 is 2.30 bits per heavy atom. The highest BCUT2D eigenvalue weighted by atomic mass is 79.9. The van der Waals surface area contributed by atoms with Crippen molar-refractivity contribution in [2.24, 2.45) is 11.8 Å². The summed E-state index contributed by atoms with van der Waals surface area (Å²) in [5, 5.41) is 0. The Morgan fingerprint density at radius 1 is 0.865 bits per heavy atom. The molecule has 0 N–H and O–H groups in total. The van der Waals surface area contributed by atoms with Crippen molar-refractivity contribution in [2.75, 3.05) is 4.90 Å². The van der Waals surface area contributed by atoms with E-state index in [-0.39, 0.29) is 11.5 Å². The van der Waals surface area contributed by atoms with Crippen molar-refractivity contribution >= 4 is 45.3 Å². The van der Waals surface area contributed by atoms with Crippen molar-refractivity contribution in [2.45, 2.75) is 18.3 Å². The highest BCUT2D eigenvalue weighted by Gasteiger charge is 2.64. The molecule has 2 fully saturated rings. The summed E-state index contributed by atoms with van der Waals surface area (Å²) in [4.78, 5) is 44.1. The number of rotatable bonds is 3. The minimum absolute atomic E-state index is 0.153. The summed E-state index contributed by atoms with van der Waals surface area (Å²) in [6.45, 7) is 0. The highest BCUT2D eigenvalue weighted by molar-refractivity contribution is 9.10. The first-order valence-electron chi connectivity index (χ1n) is 11.6. The molecule has 3 aliphatic rings. The van der Waals surface area contributed by atoms with Gasteiger partial charge in [0.05, 0.1) is 29.1 Å². The SMILES string of the molecule is O=C(c1ccc(Br)cc1)[C@@H]1[C@@H]2C(=O)N(c3cccc(C(F)(F)F)c3)C(=O)[C@@H]2[C@@H]2c3ccccc3C=CN12. The molecule has 9 heteroatoms. The minimum Gasteiger partial charge on any atom is -0.358 e. The number of halogens is 4. The van der Waals surface area contributed by atoms with Crippen LogP contribution in [0.25, 0.3) is 6.08 Å². The molecule has 4 atom stereocenters. The number of carbonyl (C=O) groups excluding carboxylic acids is 3. The van der Waals surface area contributed by atoms with Gasteiger partial charge in [-0.25, -0.2) is 4.90 Å². The average Bonchev–Trinajstić information content (AvgIpc) is 3.36. The molecule has 0 aliphatic carbocycles. The predicted molar refractivity (Wildman–Crippen MR) is 133 cm³/mol. The molecule has 3 aromatic rings. The second-order valence-corrected chi connectivity index (χ2v) is 10.2. The third-order valence-electron chi connectivity index (χ3n) is 7.29. The molecule has 0 aromatic heterocycles. The number of benzene rings is 3. The molecule has 3 heterocycles. The van der Waals surface area contributed by atoms with Crippen molar-refractivity contribution in [1.82, 2.24) is 4.90 Å². The van der Waals surface area contributed by atoms with E-state index in [1.165, 1.54) is 12.1 Å². The van der Waals surface area contributed by atoms with Gasteiger partial charge in [0, 0.05) is 16.2 Å². The van der Waals surface area contributed by atoms with Crippen LogP contribution < -0.4 is 4.90 Å². The predicted octanol–water partition coefficient (Wildman–Crippen LogP) is 5.87. The fourth-order valence-electron chi connectivity index (χ4n) is 5.72. The van der Waals surface area contributed by atoms with Crippen LogP contribution in [0, 0.1) is 11.8 Å². The van der Waals surface area contributed by atoms with Crippen molar-refractivity contribution in [3.8, 4) is 0 Å². The number of hydrogen-bond donors (Lipinski definition) is 0. The molecule has 0 spiro atoms. The van der Waals surface area contributed by atoms with E-state index < -0.39 is 47.5 Å². The molecule has 0 unspecified atom stereocenters. The quantitative estimate of drug-likeness (QED) is 0.294. The Labute approximate surface area is 218 Å². The fraction of sp³-hybridized carbons (Fsp3) is 0.179. The van der Waals surface area contributed by atoms with E-state index in [1.807, 2.05) is 30.3 Å². The zero-order valence-electron chi connectivity index (χ0n) is 19.0. The molecule has 2 amide bonds. The normalized spacial score (nSPS) is 24.2. The van der Waals surface area contributed by atoms with Crippen LogP contribution in [0.5, 0.6) is 0 Å². The van der Waals surface area contributed by atoms with Crippen molar-refractivity contribution in [1.29, 1.82) is 0 Å². The maximum atomic E-state index is 13.8. The monoisotopic (exact) mass is 566 g/mol. The van der Waals surface area contributed by atoms with Gasteiger partial charge in [0.15, 0.2) is 5.78 Å². The van der Waals surface area contributed by atoms with Crippen LogP contribution >= 0.6 is 15.9 Å². The van der Waals surface area contributed by atoms with Crippen LogP contribution in [-0.2, 0) is 15.8 Å². The molecule has 0 radical (unpaired) electrons. The molecule has 2 saturated heterocycles. The number of fused-ring (bicyclic) bond motifs is 5. The summed E-state index contributed by atoms with van der Waals surface area (Å²) < 4.78 is 41.0. The first-order valence-corrected chi connectivity index (χ1v) is 12.4. The van der Waals surface area contributed by atoms with Crippen LogP contribution in [0.2, 0.25) is 0 Å². The molecule has 3 aromatic carbocycles. The van der Waals surface area contributed by atoms with Gasteiger partial charge in [0.2, 0.25) is 11.8 Å². The van der Waals surface area contributed by atoms with Gasteiger partial charge in [-0.05, 0) is 47.5 Å². The maximum Gasteiger partial charge on any atom is 0.416 e. The smallest absolute Gasteiger partial charge is 0.358 e. The van der Waals surface area contributed by atoms with E-state index in [0.29, 0.717) is 5.56 Å². The lowest BCUT2D eigenvalue weighted by Gasteiger charge is -2.35. The van der Waals surface area contributed by atoms with Crippen LogP contribution in [0.4, 0.5) is 18.9 Å². The standard InChI is InChI=1S/C28H18BrF3N2O3/c29-18-10-8-16(9-11-18)25(35)24-22-21(23-20-7-2-1-4-15(20)12-13-33(23)24)26(36)34(27(22)37)19-6-3-5-17(14-19)28(30,31)32/h1-14,21-24H/t21-,22+,23-,24-/m0/s1. The van der Waals surface area contributed by atoms with Gasteiger partial charge in [-0.3, -0.25) is 14.4 Å². The number of nitrogens with zero attached hydrogens (tertiary/aromatic N) is 2. The van der Waals surface area contributed by atoms with Crippen LogP contribution in [0.15, 0.2) is 83.5 Å². The number of alkyl halides is 3. The number of Topliss-reactive ketones (excluding diaryl/α,β-unsaturated/α-hetero) is 1. The highest BCUT2D eigenvalue weighted by Crippen LogP contribution is 2.53. The van der Waals surface area contributed by atoms with Gasteiger partial charge < -0.3 is 4.90 Å². The van der Waals surface area contributed by atoms with E-state index in [1.54, 1.807) is 35.4 Å². The third kappa shape index (κ3) is 3.63. The molecular weight excluding hydrogens is 549 g/mol. The number of amides is 2. The zero-order valence-corrected chi connectivity index (χ0v) is 20.6. The summed E-state index contributed by atoms with van der Waals surface area (Å²) in [5.74, 6) is -3.61. The topological polar surface area (TPSA) is 57.7 Å². The molecular formula is C28H18BrF3N2O3. The van der Waals surface area contributed by atoms with Crippen LogP contribution in [-0.4, -0.2) is 28.5 Å². The van der Waals surface area contributed by atoms with E-state index in [2.05, 4.69) is 15.9 Å². The van der Waals surface area contributed by atoms with Gasteiger partial charge in [-0.2, -0.15) is 13.2 Å². The van der Waals surface area contributed by atoms with Gasteiger partial charge in [-0.15, -0.1) is 0 Å². The number of hydrogen-bond acceptors (Lipinski definition) is 4. The molecule has 0 bridgehead atoms. The second kappa shape index (κ2) is 8.41. The first kappa shape index (κ1) is 23.7. The molecule has 3 aliphatic heterocycles. The molecule has 5 nitrogen and oxygen atoms in total. The Kier molecular flexibility index (Phi) is 5.38. The lowest BCUT2D eigenvalue weighted by molar-refractivity contribution is -0.137. The average molecular weight is 567 g/mol. The minimum atomic E-state index is -4.64. The largest absolute Gasteiger partial charge is 0.416 e. The van der Waals surface area contributed by atoms with Crippen molar-refractivity contribution in [3.05, 3.63) is 106 Å².